The van der Waals surface area contributed by atoms with E-state index in [9.17, 15) is 4.79 Å². The fourth-order valence-electron chi connectivity index (χ4n) is 2.73. The average Bonchev–Trinajstić information content (AvgIpc) is 3.22. The molecular weight excluding hydrogens is 374 g/mol. The van der Waals surface area contributed by atoms with E-state index in [1.807, 2.05) is 31.2 Å². The third-order valence-corrected chi connectivity index (χ3v) is 4.14. The lowest BCUT2D eigenvalue weighted by Crippen LogP contribution is -2.13. The Morgan fingerprint density at radius 3 is 2.62 bits per heavy atom. The Morgan fingerprint density at radius 2 is 1.86 bits per heavy atom. The van der Waals surface area contributed by atoms with Gasteiger partial charge in [0.1, 0.15) is 5.75 Å². The molecule has 1 aromatic heterocycles. The number of hydrogen-bond donors (Lipinski definition) is 1. The fraction of sp³-hybridized carbons (Fsp3) is 0.286. The van der Waals surface area contributed by atoms with Crippen LogP contribution in [0.5, 0.6) is 17.2 Å². The third kappa shape index (κ3) is 5.04. The summed E-state index contributed by atoms with van der Waals surface area (Å²) in [5.41, 5.74) is 1.36. The van der Waals surface area contributed by atoms with Crippen molar-refractivity contribution >= 4 is 11.6 Å². The number of para-hydroxylation sites is 2. The average molecular weight is 397 g/mol. The van der Waals surface area contributed by atoms with Crippen molar-refractivity contribution in [3.05, 3.63) is 48.4 Å². The monoisotopic (exact) mass is 397 g/mol. The lowest BCUT2D eigenvalue weighted by atomic mass is 10.2. The molecule has 0 saturated heterocycles. The molecule has 8 heteroatoms. The van der Waals surface area contributed by atoms with Crippen LogP contribution in [0.1, 0.15) is 19.2 Å². The van der Waals surface area contributed by atoms with Crippen LogP contribution in [0.3, 0.4) is 0 Å². The molecule has 0 aliphatic rings. The van der Waals surface area contributed by atoms with E-state index in [0.717, 1.165) is 5.56 Å². The number of carbonyl (C=O) groups excluding carboxylic acids is 1. The summed E-state index contributed by atoms with van der Waals surface area (Å²) in [6, 6.07) is 12.7. The SMILES string of the molecule is CCOc1ccccc1NC(=O)CCc1nc(-c2ccc(OC)c(OC)c2)no1. The second-order valence-corrected chi connectivity index (χ2v) is 6.06. The van der Waals surface area contributed by atoms with Gasteiger partial charge < -0.3 is 24.1 Å². The first-order valence-corrected chi connectivity index (χ1v) is 9.21. The number of benzene rings is 2. The van der Waals surface area contributed by atoms with Crippen LogP contribution in [0, 0.1) is 0 Å². The minimum absolute atomic E-state index is 0.164. The molecule has 29 heavy (non-hydrogen) atoms. The van der Waals surface area contributed by atoms with Crippen molar-refractivity contribution < 1.29 is 23.5 Å². The van der Waals surface area contributed by atoms with Gasteiger partial charge in [-0.1, -0.05) is 17.3 Å². The molecular formula is C21H23N3O5. The summed E-state index contributed by atoms with van der Waals surface area (Å²) in [6.45, 7) is 2.41. The highest BCUT2D eigenvalue weighted by Gasteiger charge is 2.14. The molecule has 0 atom stereocenters. The largest absolute Gasteiger partial charge is 0.493 e. The molecule has 1 amide bonds. The van der Waals surface area contributed by atoms with Gasteiger partial charge in [-0.25, -0.2) is 0 Å². The first kappa shape index (κ1) is 20.2. The van der Waals surface area contributed by atoms with Crippen molar-refractivity contribution in [3.63, 3.8) is 0 Å². The Hall–Kier alpha value is -3.55. The highest BCUT2D eigenvalue weighted by Crippen LogP contribution is 2.31. The number of amides is 1. The molecule has 8 nitrogen and oxygen atoms in total. The number of aryl methyl sites for hydroxylation is 1. The fourth-order valence-corrected chi connectivity index (χ4v) is 2.73. The summed E-state index contributed by atoms with van der Waals surface area (Å²) < 4.78 is 21.3. The van der Waals surface area contributed by atoms with Crippen LogP contribution in [0.25, 0.3) is 11.4 Å². The number of methoxy groups -OCH3 is 2. The Labute approximate surface area is 168 Å². The van der Waals surface area contributed by atoms with E-state index in [4.69, 9.17) is 18.7 Å². The molecule has 0 saturated carbocycles. The molecule has 0 aliphatic heterocycles. The zero-order chi connectivity index (χ0) is 20.6. The minimum atomic E-state index is -0.164. The molecule has 3 aromatic rings. The number of rotatable bonds is 9. The van der Waals surface area contributed by atoms with Gasteiger partial charge >= 0.3 is 0 Å². The van der Waals surface area contributed by atoms with E-state index in [2.05, 4.69) is 15.5 Å². The van der Waals surface area contributed by atoms with E-state index in [1.165, 1.54) is 0 Å². The predicted molar refractivity (Wildman–Crippen MR) is 107 cm³/mol. The number of aromatic nitrogens is 2. The minimum Gasteiger partial charge on any atom is -0.493 e. The molecule has 0 bridgehead atoms. The first-order valence-electron chi connectivity index (χ1n) is 9.21. The number of hydrogen-bond acceptors (Lipinski definition) is 7. The van der Waals surface area contributed by atoms with E-state index in [1.54, 1.807) is 32.4 Å². The summed E-state index contributed by atoms with van der Waals surface area (Å²) in [7, 11) is 3.13. The van der Waals surface area contributed by atoms with Crippen LogP contribution in [-0.2, 0) is 11.2 Å². The molecule has 0 radical (unpaired) electrons. The second kappa shape index (κ2) is 9.59. The van der Waals surface area contributed by atoms with E-state index < -0.39 is 0 Å². The molecule has 3 rings (SSSR count). The van der Waals surface area contributed by atoms with Crippen molar-refractivity contribution in [3.8, 4) is 28.6 Å². The Bertz CT molecular complexity index is 970. The molecule has 0 spiro atoms. The van der Waals surface area contributed by atoms with Crippen LogP contribution in [0.2, 0.25) is 0 Å². The second-order valence-electron chi connectivity index (χ2n) is 6.06. The molecule has 152 valence electrons. The maximum Gasteiger partial charge on any atom is 0.227 e. The van der Waals surface area contributed by atoms with Gasteiger partial charge in [0, 0.05) is 18.4 Å². The summed E-state index contributed by atoms with van der Waals surface area (Å²) in [5.74, 6) is 2.46. The number of nitrogens with zero attached hydrogens (tertiary/aromatic N) is 2. The van der Waals surface area contributed by atoms with Gasteiger partial charge in [-0.15, -0.1) is 0 Å². The maximum atomic E-state index is 12.3. The van der Waals surface area contributed by atoms with Gasteiger partial charge in [0.05, 0.1) is 26.5 Å². The quantitative estimate of drug-likeness (QED) is 0.588. The summed E-state index contributed by atoms with van der Waals surface area (Å²) in [5, 5.41) is 6.83. The van der Waals surface area contributed by atoms with Gasteiger partial charge in [0.2, 0.25) is 17.6 Å². The Balaban J connectivity index is 1.62. The molecule has 0 unspecified atom stereocenters. The summed E-state index contributed by atoms with van der Waals surface area (Å²) >= 11 is 0. The van der Waals surface area contributed by atoms with Gasteiger partial charge in [-0.3, -0.25) is 4.79 Å². The van der Waals surface area contributed by atoms with E-state index in [0.29, 0.717) is 47.7 Å². The smallest absolute Gasteiger partial charge is 0.227 e. The maximum absolute atomic E-state index is 12.3. The van der Waals surface area contributed by atoms with Crippen molar-refractivity contribution in [2.24, 2.45) is 0 Å². The molecule has 1 N–H and O–H groups in total. The standard InChI is InChI=1S/C21H23N3O5/c1-4-28-16-8-6-5-7-15(16)22-19(25)11-12-20-23-21(24-29-20)14-9-10-17(26-2)18(13-14)27-3/h5-10,13H,4,11-12H2,1-3H3,(H,22,25). The Morgan fingerprint density at radius 1 is 1.07 bits per heavy atom. The van der Waals surface area contributed by atoms with Crippen LogP contribution < -0.4 is 19.5 Å². The van der Waals surface area contributed by atoms with Gasteiger partial charge in [-0.2, -0.15) is 4.98 Å². The molecule has 0 fully saturated rings. The van der Waals surface area contributed by atoms with Crippen molar-refractivity contribution in [1.82, 2.24) is 10.1 Å². The van der Waals surface area contributed by atoms with E-state index >= 15 is 0 Å². The van der Waals surface area contributed by atoms with Crippen LogP contribution in [0.4, 0.5) is 5.69 Å². The first-order chi connectivity index (χ1) is 14.1. The highest BCUT2D eigenvalue weighted by molar-refractivity contribution is 5.92. The summed E-state index contributed by atoms with van der Waals surface area (Å²) in [6.07, 6.45) is 0.525. The molecule has 2 aromatic carbocycles. The lowest BCUT2D eigenvalue weighted by molar-refractivity contribution is -0.116. The number of ether oxygens (including phenoxy) is 3. The number of nitrogens with one attached hydrogen (secondary N) is 1. The normalized spacial score (nSPS) is 10.4. The van der Waals surface area contributed by atoms with E-state index in [-0.39, 0.29) is 12.3 Å². The molecule has 1 heterocycles. The molecule has 0 aliphatic carbocycles. The number of anilines is 1. The van der Waals surface area contributed by atoms with Crippen molar-refractivity contribution in [1.29, 1.82) is 0 Å². The zero-order valence-corrected chi connectivity index (χ0v) is 16.6. The highest BCUT2D eigenvalue weighted by atomic mass is 16.5. The number of carbonyl (C=O) groups is 1. The lowest BCUT2D eigenvalue weighted by Gasteiger charge is -2.10. The van der Waals surface area contributed by atoms with Crippen molar-refractivity contribution in [2.45, 2.75) is 19.8 Å². The summed E-state index contributed by atoms with van der Waals surface area (Å²) in [4.78, 5) is 16.6. The van der Waals surface area contributed by atoms with Gasteiger partial charge in [0.25, 0.3) is 0 Å². The zero-order valence-electron chi connectivity index (χ0n) is 16.6. The van der Waals surface area contributed by atoms with Crippen LogP contribution in [-0.4, -0.2) is 36.9 Å². The van der Waals surface area contributed by atoms with Crippen LogP contribution >= 0.6 is 0 Å². The van der Waals surface area contributed by atoms with Crippen LogP contribution in [0.15, 0.2) is 47.0 Å². The van der Waals surface area contributed by atoms with Gasteiger partial charge in [0.15, 0.2) is 11.5 Å². The Kier molecular flexibility index (Phi) is 6.67. The van der Waals surface area contributed by atoms with Gasteiger partial charge in [-0.05, 0) is 37.3 Å². The van der Waals surface area contributed by atoms with Crippen molar-refractivity contribution in [2.75, 3.05) is 26.1 Å². The third-order valence-electron chi connectivity index (χ3n) is 4.14. The topological polar surface area (TPSA) is 95.7 Å². The predicted octanol–water partition coefficient (Wildman–Crippen LogP) is 3.72.